The number of amides is 2. The smallest absolute Gasteiger partial charge is 0.412 e. The lowest BCUT2D eigenvalue weighted by molar-refractivity contribution is 0.0240. The van der Waals surface area contributed by atoms with Gasteiger partial charge in [-0.1, -0.05) is 17.4 Å². The molecule has 1 fully saturated rings. The number of thiazole rings is 1. The highest BCUT2D eigenvalue weighted by molar-refractivity contribution is 7.17. The van der Waals surface area contributed by atoms with Gasteiger partial charge in [-0.25, -0.2) is 14.6 Å². The number of Topliss-reactive ketones (excluding diaryl/α,β-unsaturated/α-hetero) is 1. The second-order valence-electron chi connectivity index (χ2n) is 11.8. The molecule has 2 amide bonds. The quantitative estimate of drug-likeness (QED) is 0.352. The van der Waals surface area contributed by atoms with Gasteiger partial charge >= 0.3 is 12.2 Å². The highest BCUT2D eigenvalue weighted by Gasteiger charge is 2.27. The van der Waals surface area contributed by atoms with Gasteiger partial charge in [-0.3, -0.25) is 15.1 Å². The Morgan fingerprint density at radius 3 is 2.20 bits per heavy atom. The van der Waals surface area contributed by atoms with E-state index in [0.717, 1.165) is 16.3 Å². The second-order valence-corrected chi connectivity index (χ2v) is 12.8. The Morgan fingerprint density at radius 2 is 1.56 bits per heavy atom. The monoisotopic (exact) mass is 579 g/mol. The van der Waals surface area contributed by atoms with Crippen LogP contribution in [0.1, 0.15) is 56.8 Å². The maximum Gasteiger partial charge on any atom is 0.412 e. The van der Waals surface area contributed by atoms with Gasteiger partial charge in [-0.15, -0.1) is 0 Å². The Hall–Kier alpha value is -3.99. The maximum atomic E-state index is 13.4. The summed E-state index contributed by atoms with van der Waals surface area (Å²) in [5, 5.41) is 3.53. The number of rotatable bonds is 6. The van der Waals surface area contributed by atoms with Gasteiger partial charge in [-0.2, -0.15) is 0 Å². The average molecular weight is 580 g/mol. The van der Waals surface area contributed by atoms with E-state index in [4.69, 9.17) is 9.47 Å². The van der Waals surface area contributed by atoms with Gasteiger partial charge in [0.2, 0.25) is 0 Å². The Labute approximate surface area is 244 Å². The summed E-state index contributed by atoms with van der Waals surface area (Å²) >= 11 is 1.32. The van der Waals surface area contributed by atoms with Crippen molar-refractivity contribution >= 4 is 40.1 Å². The van der Waals surface area contributed by atoms with Gasteiger partial charge in [0.05, 0.1) is 11.1 Å². The summed E-state index contributed by atoms with van der Waals surface area (Å²) in [5.41, 5.74) is 1.82. The van der Waals surface area contributed by atoms with Gasteiger partial charge in [0.25, 0.3) is 0 Å². The van der Waals surface area contributed by atoms with E-state index in [9.17, 15) is 14.4 Å². The molecule has 0 atom stereocenters. The number of ether oxygens (including phenoxy) is 2. The van der Waals surface area contributed by atoms with Crippen LogP contribution in [0.5, 0.6) is 0 Å². The molecule has 1 N–H and O–H groups in total. The standard InChI is InChI=1S/C30H37N5O5S/c1-29(2,3)39-27(37)33-23-8-7-21(20-9-11-31-12-10-20)17-22(23)18-24(36)25-19-32-26(41-25)34-13-15-35(16-14-34)28(38)40-30(4,5)6/h7-12,17,19H,13-16,18H2,1-6H3,(H,33,37). The Bertz CT molecular complexity index is 1390. The van der Waals surface area contributed by atoms with Crippen LogP contribution in [0.4, 0.5) is 20.4 Å². The number of ketones is 1. The highest BCUT2D eigenvalue weighted by atomic mass is 32.1. The first-order valence-electron chi connectivity index (χ1n) is 13.5. The van der Waals surface area contributed by atoms with Crippen molar-refractivity contribution in [2.24, 2.45) is 0 Å². The lowest BCUT2D eigenvalue weighted by Gasteiger charge is -2.35. The van der Waals surface area contributed by atoms with Gasteiger partial charge in [0.1, 0.15) is 11.2 Å². The summed E-state index contributed by atoms with van der Waals surface area (Å²) in [6.07, 6.45) is 4.16. The number of piperazine rings is 1. The predicted octanol–water partition coefficient (Wildman–Crippen LogP) is 6.03. The molecule has 0 saturated carbocycles. The van der Waals surface area contributed by atoms with Gasteiger partial charge in [-0.05, 0) is 82.5 Å². The molecule has 1 aliphatic heterocycles. The van der Waals surface area contributed by atoms with E-state index in [-0.39, 0.29) is 18.3 Å². The van der Waals surface area contributed by atoms with Crippen LogP contribution >= 0.6 is 11.3 Å². The molecule has 1 aliphatic rings. The molecule has 10 nitrogen and oxygen atoms in total. The van der Waals surface area contributed by atoms with E-state index >= 15 is 0 Å². The first-order valence-corrected chi connectivity index (χ1v) is 14.3. The lowest BCUT2D eigenvalue weighted by atomic mass is 9.99. The molecule has 3 aromatic rings. The first kappa shape index (κ1) is 30.0. The van der Waals surface area contributed by atoms with Crippen LogP contribution < -0.4 is 10.2 Å². The van der Waals surface area contributed by atoms with E-state index in [2.05, 4.69) is 20.2 Å². The van der Waals surface area contributed by atoms with Crippen LogP contribution in [0.2, 0.25) is 0 Å². The number of nitrogens with zero attached hydrogens (tertiary/aromatic N) is 4. The van der Waals surface area contributed by atoms with Crippen molar-refractivity contribution in [3.05, 3.63) is 59.4 Å². The van der Waals surface area contributed by atoms with Crippen LogP contribution in [-0.2, 0) is 15.9 Å². The van der Waals surface area contributed by atoms with Crippen molar-refractivity contribution < 1.29 is 23.9 Å². The van der Waals surface area contributed by atoms with Crippen molar-refractivity contribution in [3.8, 4) is 11.1 Å². The van der Waals surface area contributed by atoms with E-state index < -0.39 is 17.3 Å². The average Bonchev–Trinajstić information content (AvgIpc) is 3.39. The molecule has 0 aliphatic carbocycles. The van der Waals surface area contributed by atoms with E-state index in [1.54, 1.807) is 50.3 Å². The number of anilines is 2. The van der Waals surface area contributed by atoms with Gasteiger partial charge in [0, 0.05) is 50.7 Å². The zero-order chi connectivity index (χ0) is 29.8. The minimum Gasteiger partial charge on any atom is -0.444 e. The van der Waals surface area contributed by atoms with Crippen molar-refractivity contribution in [2.45, 2.75) is 59.2 Å². The van der Waals surface area contributed by atoms with Gasteiger partial charge in [0.15, 0.2) is 10.9 Å². The number of nitrogens with one attached hydrogen (secondary N) is 1. The highest BCUT2D eigenvalue weighted by Crippen LogP contribution is 2.29. The Kier molecular flexibility index (Phi) is 8.96. The fourth-order valence-electron chi connectivity index (χ4n) is 4.21. The number of aromatic nitrogens is 2. The number of carbonyl (C=O) groups excluding carboxylic acids is 3. The molecule has 3 heterocycles. The van der Waals surface area contributed by atoms with E-state index in [1.165, 1.54) is 11.3 Å². The minimum absolute atomic E-state index is 0.0676. The summed E-state index contributed by atoms with van der Waals surface area (Å²) in [5.74, 6) is -0.111. The SMILES string of the molecule is CC(C)(C)OC(=O)Nc1ccc(-c2ccncc2)cc1CC(=O)c1cnc(N2CCN(C(=O)OC(C)(C)C)CC2)s1. The van der Waals surface area contributed by atoms with E-state index in [1.807, 2.05) is 45.0 Å². The topological polar surface area (TPSA) is 114 Å². The number of carbonyl (C=O) groups is 3. The number of benzene rings is 1. The van der Waals surface area contributed by atoms with Crippen LogP contribution in [0.25, 0.3) is 11.1 Å². The molecule has 218 valence electrons. The largest absolute Gasteiger partial charge is 0.444 e. The molecule has 0 spiro atoms. The zero-order valence-corrected chi connectivity index (χ0v) is 25.2. The summed E-state index contributed by atoms with van der Waals surface area (Å²) in [7, 11) is 0. The van der Waals surface area contributed by atoms with Gasteiger partial charge < -0.3 is 19.3 Å². The normalized spacial score (nSPS) is 14.0. The lowest BCUT2D eigenvalue weighted by Crippen LogP contribution is -2.50. The molecule has 0 bridgehead atoms. The van der Waals surface area contributed by atoms with Crippen LogP contribution in [0.15, 0.2) is 48.9 Å². The Morgan fingerprint density at radius 1 is 0.902 bits per heavy atom. The molecular weight excluding hydrogens is 542 g/mol. The number of hydrogen-bond acceptors (Lipinski definition) is 9. The Balaban J connectivity index is 1.47. The third kappa shape index (κ3) is 8.50. The second kappa shape index (κ2) is 12.3. The number of hydrogen-bond donors (Lipinski definition) is 1. The number of pyridine rings is 1. The fourth-order valence-corrected chi connectivity index (χ4v) is 5.11. The molecular formula is C30H37N5O5S. The fraction of sp³-hybridized carbons (Fsp3) is 0.433. The third-order valence-electron chi connectivity index (χ3n) is 6.08. The van der Waals surface area contributed by atoms with Crippen molar-refractivity contribution in [2.75, 3.05) is 36.4 Å². The molecule has 1 aromatic carbocycles. The zero-order valence-electron chi connectivity index (χ0n) is 24.4. The summed E-state index contributed by atoms with van der Waals surface area (Å²) in [6.45, 7) is 13.1. The molecule has 2 aromatic heterocycles. The predicted molar refractivity (Wildman–Crippen MR) is 160 cm³/mol. The summed E-state index contributed by atoms with van der Waals surface area (Å²) in [6, 6.07) is 9.35. The van der Waals surface area contributed by atoms with Crippen molar-refractivity contribution in [1.29, 1.82) is 0 Å². The molecule has 41 heavy (non-hydrogen) atoms. The molecule has 11 heteroatoms. The van der Waals surface area contributed by atoms with Crippen molar-refractivity contribution in [1.82, 2.24) is 14.9 Å². The summed E-state index contributed by atoms with van der Waals surface area (Å²) < 4.78 is 10.9. The minimum atomic E-state index is -0.658. The van der Waals surface area contributed by atoms with Crippen LogP contribution in [0.3, 0.4) is 0 Å². The van der Waals surface area contributed by atoms with Crippen molar-refractivity contribution in [3.63, 3.8) is 0 Å². The molecule has 4 rings (SSSR count). The van der Waals surface area contributed by atoms with Crippen LogP contribution in [0, 0.1) is 0 Å². The van der Waals surface area contributed by atoms with E-state index in [0.29, 0.717) is 42.3 Å². The maximum absolute atomic E-state index is 13.4. The molecule has 1 saturated heterocycles. The summed E-state index contributed by atoms with van der Waals surface area (Å²) in [4.78, 5) is 51.2. The first-order chi connectivity index (χ1) is 19.3. The third-order valence-corrected chi connectivity index (χ3v) is 7.17. The molecule has 0 unspecified atom stereocenters. The van der Waals surface area contributed by atoms with Crippen LogP contribution in [-0.4, -0.2) is 70.2 Å². The molecule has 0 radical (unpaired) electrons.